The molecule has 1 aromatic rings. The van der Waals surface area contributed by atoms with Crippen molar-refractivity contribution in [2.75, 3.05) is 13.1 Å². The fraction of sp³-hybridized carbons (Fsp3) is 0.615. The lowest BCUT2D eigenvalue weighted by Gasteiger charge is -2.25. The molecule has 1 aliphatic carbocycles. The highest BCUT2D eigenvalue weighted by Crippen LogP contribution is 2.30. The lowest BCUT2D eigenvalue weighted by atomic mass is 10.2. The molecule has 1 aliphatic rings. The number of rotatable bonds is 6. The molecule has 1 fully saturated rings. The maximum atomic E-state index is 12.1. The van der Waals surface area contributed by atoms with Gasteiger partial charge in [-0.3, -0.25) is 9.69 Å². The summed E-state index contributed by atoms with van der Waals surface area (Å²) in [7, 11) is 0. The number of hydrogen-bond acceptors (Lipinski definition) is 3. The van der Waals surface area contributed by atoms with Crippen LogP contribution < -0.4 is 0 Å². The number of hydrogen-bond donors (Lipinski definition) is 0. The third kappa shape index (κ3) is 3.90. The molecule has 94 valence electrons. The van der Waals surface area contributed by atoms with Crippen LogP contribution in [0.2, 0.25) is 0 Å². The average Bonchev–Trinajstić information content (AvgIpc) is 2.97. The number of Topliss-reactive ketones (excluding diaryl/α,β-unsaturated/α-hetero) is 1. The number of nitrogens with zero attached hydrogens (tertiary/aromatic N) is 1. The number of halogens is 1. The van der Waals surface area contributed by atoms with Gasteiger partial charge in [0.05, 0.1) is 15.2 Å². The van der Waals surface area contributed by atoms with Gasteiger partial charge in [-0.1, -0.05) is 0 Å². The molecule has 0 unspecified atom stereocenters. The van der Waals surface area contributed by atoms with Crippen molar-refractivity contribution >= 4 is 33.0 Å². The fourth-order valence-electron chi connectivity index (χ4n) is 1.82. The van der Waals surface area contributed by atoms with Crippen molar-refractivity contribution in [3.05, 3.63) is 20.8 Å². The summed E-state index contributed by atoms with van der Waals surface area (Å²) in [6, 6.07) is 4.30. The van der Waals surface area contributed by atoms with Gasteiger partial charge in [-0.25, -0.2) is 0 Å². The van der Waals surface area contributed by atoms with Crippen LogP contribution in [0.5, 0.6) is 0 Å². The van der Waals surface area contributed by atoms with Crippen molar-refractivity contribution in [3.63, 3.8) is 0 Å². The molecule has 0 spiro atoms. The minimum atomic E-state index is 0.245. The summed E-state index contributed by atoms with van der Waals surface area (Å²) >= 11 is 4.92. The van der Waals surface area contributed by atoms with Crippen molar-refractivity contribution in [1.82, 2.24) is 4.90 Å². The van der Waals surface area contributed by atoms with Crippen LogP contribution in [0, 0.1) is 5.92 Å². The first-order valence-corrected chi connectivity index (χ1v) is 7.70. The molecular formula is C13H18BrNOS. The van der Waals surface area contributed by atoms with E-state index in [-0.39, 0.29) is 5.78 Å². The maximum Gasteiger partial charge on any atom is 0.186 e. The van der Waals surface area contributed by atoms with E-state index in [2.05, 4.69) is 34.7 Å². The third-order valence-electron chi connectivity index (χ3n) is 3.11. The van der Waals surface area contributed by atoms with E-state index in [1.54, 1.807) is 0 Å². The first-order chi connectivity index (χ1) is 8.06. The average molecular weight is 316 g/mol. The molecule has 0 atom stereocenters. The highest BCUT2D eigenvalue weighted by molar-refractivity contribution is 9.11. The van der Waals surface area contributed by atoms with Crippen molar-refractivity contribution in [1.29, 1.82) is 0 Å². The normalized spacial score (nSPS) is 15.8. The minimum Gasteiger partial charge on any atom is -0.293 e. The molecule has 1 heterocycles. The maximum absolute atomic E-state index is 12.1. The van der Waals surface area contributed by atoms with Crippen molar-refractivity contribution in [2.45, 2.75) is 32.7 Å². The molecule has 17 heavy (non-hydrogen) atoms. The van der Waals surface area contributed by atoms with E-state index in [9.17, 15) is 4.79 Å². The largest absolute Gasteiger partial charge is 0.293 e. The Morgan fingerprint density at radius 2 is 2.24 bits per heavy atom. The van der Waals surface area contributed by atoms with E-state index in [0.717, 1.165) is 21.1 Å². The molecule has 2 rings (SSSR count). The van der Waals surface area contributed by atoms with Gasteiger partial charge < -0.3 is 0 Å². The van der Waals surface area contributed by atoms with Gasteiger partial charge in [0.1, 0.15) is 0 Å². The predicted molar refractivity (Wildman–Crippen MR) is 75.8 cm³/mol. The lowest BCUT2D eigenvalue weighted by Crippen LogP contribution is -2.37. The molecule has 0 radical (unpaired) electrons. The van der Waals surface area contributed by atoms with Gasteiger partial charge in [0.25, 0.3) is 0 Å². The van der Waals surface area contributed by atoms with Crippen LogP contribution in [0.4, 0.5) is 0 Å². The minimum absolute atomic E-state index is 0.245. The first-order valence-electron chi connectivity index (χ1n) is 6.09. The third-order valence-corrected chi connectivity index (χ3v) is 4.78. The zero-order chi connectivity index (χ0) is 12.4. The zero-order valence-electron chi connectivity index (χ0n) is 10.3. The van der Waals surface area contributed by atoms with E-state index in [4.69, 9.17) is 0 Å². The number of thiophene rings is 1. The van der Waals surface area contributed by atoms with Crippen LogP contribution >= 0.6 is 27.3 Å². The van der Waals surface area contributed by atoms with Crippen LogP contribution in [-0.4, -0.2) is 29.8 Å². The summed E-state index contributed by atoms with van der Waals surface area (Å²) < 4.78 is 1.03. The highest BCUT2D eigenvalue weighted by Gasteiger charge is 2.26. The van der Waals surface area contributed by atoms with Gasteiger partial charge in [0.2, 0.25) is 0 Å². The summed E-state index contributed by atoms with van der Waals surface area (Å²) in [4.78, 5) is 15.3. The summed E-state index contributed by atoms with van der Waals surface area (Å²) in [6.45, 7) is 5.97. The Morgan fingerprint density at radius 1 is 1.53 bits per heavy atom. The Hall–Kier alpha value is -0.190. The lowest BCUT2D eigenvalue weighted by molar-refractivity contribution is 0.0905. The SMILES string of the molecule is CC(C)N(CC(=O)c1ccc(Br)s1)CC1CC1. The molecule has 0 amide bonds. The number of ketones is 1. The Kier molecular flexibility index (Phi) is 4.39. The molecule has 4 heteroatoms. The van der Waals surface area contributed by atoms with E-state index >= 15 is 0 Å². The van der Waals surface area contributed by atoms with Crippen LogP contribution in [0.1, 0.15) is 36.4 Å². The quantitative estimate of drug-likeness (QED) is 0.744. The van der Waals surface area contributed by atoms with E-state index in [0.29, 0.717) is 12.6 Å². The van der Waals surface area contributed by atoms with Gasteiger partial charge in [-0.15, -0.1) is 11.3 Å². The second kappa shape index (κ2) is 5.63. The highest BCUT2D eigenvalue weighted by atomic mass is 79.9. The first kappa shape index (κ1) is 13.2. The summed E-state index contributed by atoms with van der Waals surface area (Å²) in [5.74, 6) is 1.08. The summed E-state index contributed by atoms with van der Waals surface area (Å²) in [5, 5.41) is 0. The van der Waals surface area contributed by atoms with Crippen LogP contribution in [0.15, 0.2) is 15.9 Å². The van der Waals surface area contributed by atoms with Crippen molar-refractivity contribution < 1.29 is 4.79 Å². The molecule has 0 saturated heterocycles. The van der Waals surface area contributed by atoms with E-state index < -0.39 is 0 Å². The molecule has 1 saturated carbocycles. The second-order valence-corrected chi connectivity index (χ2v) is 7.46. The molecule has 0 N–H and O–H groups in total. The van der Waals surface area contributed by atoms with Gasteiger partial charge >= 0.3 is 0 Å². The molecule has 2 nitrogen and oxygen atoms in total. The summed E-state index contributed by atoms with van der Waals surface area (Å²) in [6.07, 6.45) is 2.67. The van der Waals surface area contributed by atoms with Gasteiger partial charge in [0, 0.05) is 12.6 Å². The van der Waals surface area contributed by atoms with Crippen LogP contribution in [-0.2, 0) is 0 Å². The summed E-state index contributed by atoms with van der Waals surface area (Å²) in [5.41, 5.74) is 0. The van der Waals surface area contributed by atoms with E-state index in [1.807, 2.05) is 12.1 Å². The number of carbonyl (C=O) groups is 1. The Morgan fingerprint density at radius 3 is 2.71 bits per heavy atom. The van der Waals surface area contributed by atoms with Gasteiger partial charge in [-0.2, -0.15) is 0 Å². The second-order valence-electron chi connectivity index (χ2n) is 4.99. The monoisotopic (exact) mass is 315 g/mol. The Balaban J connectivity index is 1.94. The Labute approximate surface area is 115 Å². The molecule has 1 aromatic heterocycles. The van der Waals surface area contributed by atoms with Gasteiger partial charge in [0.15, 0.2) is 5.78 Å². The molecule has 0 aliphatic heterocycles. The smallest absolute Gasteiger partial charge is 0.186 e. The van der Waals surface area contributed by atoms with E-state index in [1.165, 1.54) is 24.2 Å². The number of carbonyl (C=O) groups excluding carboxylic acids is 1. The molecule has 0 aromatic carbocycles. The van der Waals surface area contributed by atoms with Crippen molar-refractivity contribution in [3.8, 4) is 0 Å². The standard InChI is InChI=1S/C13H18BrNOS/c1-9(2)15(7-10-3-4-10)8-11(16)12-5-6-13(14)17-12/h5-6,9-10H,3-4,7-8H2,1-2H3. The zero-order valence-corrected chi connectivity index (χ0v) is 12.7. The van der Waals surface area contributed by atoms with Crippen LogP contribution in [0.3, 0.4) is 0 Å². The van der Waals surface area contributed by atoms with Gasteiger partial charge in [-0.05, 0) is 60.7 Å². The molecule has 0 bridgehead atoms. The Bertz CT molecular complexity index is 398. The molecular weight excluding hydrogens is 298 g/mol. The van der Waals surface area contributed by atoms with Crippen LogP contribution in [0.25, 0.3) is 0 Å². The topological polar surface area (TPSA) is 20.3 Å². The fourth-order valence-corrected chi connectivity index (χ4v) is 3.13. The van der Waals surface area contributed by atoms with Crippen molar-refractivity contribution in [2.24, 2.45) is 5.92 Å². The predicted octanol–water partition coefficient (Wildman–Crippen LogP) is 3.81.